The summed E-state index contributed by atoms with van der Waals surface area (Å²) in [6.45, 7) is 4.36. The fourth-order valence-corrected chi connectivity index (χ4v) is 4.79. The molecule has 0 bridgehead atoms. The lowest BCUT2D eigenvalue weighted by Crippen LogP contribution is -2.37. The average Bonchev–Trinajstić information content (AvgIpc) is 3.07. The minimum absolute atomic E-state index is 0.0229. The van der Waals surface area contributed by atoms with Gasteiger partial charge >= 0.3 is 5.69 Å². The maximum atomic E-state index is 12.4. The zero-order chi connectivity index (χ0) is 24.8. The Labute approximate surface area is 210 Å². The molecule has 0 saturated carbocycles. The van der Waals surface area contributed by atoms with E-state index in [1.807, 2.05) is 18.3 Å². The predicted molar refractivity (Wildman–Crippen MR) is 139 cm³/mol. The van der Waals surface area contributed by atoms with Crippen molar-refractivity contribution in [1.82, 2.24) is 9.13 Å². The summed E-state index contributed by atoms with van der Waals surface area (Å²) >= 11 is 2.36. The number of benzene rings is 1. The zero-order valence-electron chi connectivity index (χ0n) is 19.3. The lowest BCUT2D eigenvalue weighted by Gasteiger charge is -2.15. The van der Waals surface area contributed by atoms with Gasteiger partial charge in [0.2, 0.25) is 11.6 Å². The molecule has 0 unspecified atom stereocenters. The molecule has 0 aliphatic carbocycles. The van der Waals surface area contributed by atoms with Crippen molar-refractivity contribution in [2.45, 2.75) is 23.7 Å². The van der Waals surface area contributed by atoms with Gasteiger partial charge in [0.15, 0.2) is 11.9 Å². The van der Waals surface area contributed by atoms with E-state index in [1.165, 1.54) is 37.4 Å². The van der Waals surface area contributed by atoms with Gasteiger partial charge in [-0.3, -0.25) is 13.9 Å². The van der Waals surface area contributed by atoms with Gasteiger partial charge in [-0.15, -0.1) is 0 Å². The van der Waals surface area contributed by atoms with Crippen LogP contribution in [0.4, 0.5) is 0 Å². The van der Waals surface area contributed by atoms with Crippen molar-refractivity contribution in [3.8, 4) is 17.6 Å². The Morgan fingerprint density at radius 2 is 1.94 bits per heavy atom. The molecule has 1 aromatic carbocycles. The molecule has 2 aromatic heterocycles. The normalized spacial score (nSPS) is 14.2. The van der Waals surface area contributed by atoms with Crippen LogP contribution >= 0.6 is 22.6 Å². The SMILES string of the molecule is Cn1c(O)c(/C=C/C=C(\C#N)c2cc[n+]3c(c2)C(C)(C)c2cc(CI)ccc2-3)c(=O)n(C)c1=O. The number of aromatic hydroxyl groups is 1. The molecule has 4 rings (SSSR count). The molecule has 1 N–H and O–H groups in total. The maximum Gasteiger partial charge on any atom is 0.333 e. The molecule has 1 aliphatic rings. The smallest absolute Gasteiger partial charge is 0.333 e. The van der Waals surface area contributed by atoms with Gasteiger partial charge in [0, 0.05) is 47.8 Å². The zero-order valence-corrected chi connectivity index (χ0v) is 21.5. The van der Waals surface area contributed by atoms with Crippen molar-refractivity contribution in [2.24, 2.45) is 14.1 Å². The number of nitrogens with zero attached hydrogens (tertiary/aromatic N) is 4. The fourth-order valence-electron chi connectivity index (χ4n) is 4.32. The van der Waals surface area contributed by atoms with Crippen LogP contribution in [0.2, 0.25) is 0 Å². The number of fused-ring (bicyclic) bond motifs is 3. The number of alkyl halides is 1. The summed E-state index contributed by atoms with van der Waals surface area (Å²) in [6, 6.07) is 12.7. The highest BCUT2D eigenvalue weighted by Gasteiger charge is 2.43. The molecule has 0 amide bonds. The lowest BCUT2D eigenvalue weighted by atomic mass is 9.82. The van der Waals surface area contributed by atoms with Crippen molar-refractivity contribution in [2.75, 3.05) is 0 Å². The Kier molecular flexibility index (Phi) is 6.08. The van der Waals surface area contributed by atoms with Gasteiger partial charge in [0.1, 0.15) is 5.56 Å². The van der Waals surface area contributed by atoms with Crippen LogP contribution in [-0.2, 0) is 23.9 Å². The molecular formula is C26H24IN4O3+. The van der Waals surface area contributed by atoms with Gasteiger partial charge in [-0.2, -0.15) is 9.83 Å². The summed E-state index contributed by atoms with van der Waals surface area (Å²) in [5, 5.41) is 20.0. The summed E-state index contributed by atoms with van der Waals surface area (Å²) in [5.41, 5.74) is 4.46. The van der Waals surface area contributed by atoms with E-state index in [0.29, 0.717) is 5.57 Å². The largest absolute Gasteiger partial charge is 0.494 e. The quantitative estimate of drug-likeness (QED) is 0.172. The highest BCUT2D eigenvalue weighted by atomic mass is 127. The first-order valence-electron chi connectivity index (χ1n) is 10.7. The van der Waals surface area contributed by atoms with E-state index >= 15 is 0 Å². The molecule has 0 saturated heterocycles. The second-order valence-electron chi connectivity index (χ2n) is 8.78. The molecule has 3 heterocycles. The summed E-state index contributed by atoms with van der Waals surface area (Å²) in [5.74, 6) is -0.421. The van der Waals surface area contributed by atoms with Crippen molar-refractivity contribution in [1.29, 1.82) is 5.26 Å². The molecule has 0 radical (unpaired) electrons. The molecule has 172 valence electrons. The van der Waals surface area contributed by atoms with E-state index < -0.39 is 17.1 Å². The summed E-state index contributed by atoms with van der Waals surface area (Å²) in [7, 11) is 2.74. The van der Waals surface area contributed by atoms with Crippen molar-refractivity contribution < 1.29 is 9.67 Å². The second-order valence-corrected chi connectivity index (χ2v) is 9.54. The third-order valence-corrected chi connectivity index (χ3v) is 7.25. The van der Waals surface area contributed by atoms with E-state index in [0.717, 1.165) is 30.5 Å². The molecule has 34 heavy (non-hydrogen) atoms. The van der Waals surface area contributed by atoms with E-state index in [-0.39, 0.29) is 11.0 Å². The fraction of sp³-hybridized carbons (Fsp3) is 0.231. The highest BCUT2D eigenvalue weighted by Crippen LogP contribution is 2.39. The van der Waals surface area contributed by atoms with E-state index in [1.54, 1.807) is 6.08 Å². The van der Waals surface area contributed by atoms with Gasteiger partial charge in [-0.25, -0.2) is 4.79 Å². The third kappa shape index (κ3) is 3.70. The molecule has 3 aromatic rings. The van der Waals surface area contributed by atoms with Gasteiger partial charge in [0.05, 0.1) is 17.1 Å². The highest BCUT2D eigenvalue weighted by molar-refractivity contribution is 14.1. The summed E-state index contributed by atoms with van der Waals surface area (Å²) in [6.07, 6.45) is 6.51. The monoisotopic (exact) mass is 567 g/mol. The van der Waals surface area contributed by atoms with Crippen molar-refractivity contribution in [3.05, 3.63) is 97.5 Å². The molecule has 0 spiro atoms. The lowest BCUT2D eigenvalue weighted by molar-refractivity contribution is -0.599. The van der Waals surface area contributed by atoms with E-state index in [9.17, 15) is 20.0 Å². The number of aromatic nitrogens is 3. The number of rotatable bonds is 4. The van der Waals surface area contributed by atoms with Crippen LogP contribution in [0.15, 0.2) is 58.3 Å². The predicted octanol–water partition coefficient (Wildman–Crippen LogP) is 3.26. The topological polar surface area (TPSA) is 91.9 Å². The number of hydrogen-bond donors (Lipinski definition) is 1. The van der Waals surface area contributed by atoms with E-state index in [2.05, 4.69) is 65.3 Å². The first kappa shape index (κ1) is 23.7. The molecule has 1 aliphatic heterocycles. The number of allylic oxidation sites excluding steroid dienone is 3. The molecule has 0 atom stereocenters. The van der Waals surface area contributed by atoms with Crippen LogP contribution in [-0.4, -0.2) is 14.2 Å². The van der Waals surface area contributed by atoms with Crippen LogP contribution in [0, 0.1) is 11.3 Å². The van der Waals surface area contributed by atoms with Gasteiger partial charge in [-0.1, -0.05) is 34.7 Å². The third-order valence-electron chi connectivity index (χ3n) is 6.37. The van der Waals surface area contributed by atoms with Gasteiger partial charge in [0.25, 0.3) is 5.56 Å². The Hall–Kier alpha value is -3.45. The number of hydrogen-bond acceptors (Lipinski definition) is 4. The maximum absolute atomic E-state index is 12.4. The van der Waals surface area contributed by atoms with Crippen molar-refractivity contribution >= 4 is 34.2 Å². The first-order chi connectivity index (χ1) is 16.1. The minimum atomic E-state index is -0.613. The number of pyridine rings is 1. The van der Waals surface area contributed by atoms with Gasteiger partial charge < -0.3 is 5.11 Å². The van der Waals surface area contributed by atoms with Crippen LogP contribution in [0.3, 0.4) is 0 Å². The Morgan fingerprint density at radius 3 is 2.62 bits per heavy atom. The van der Waals surface area contributed by atoms with Crippen LogP contribution < -0.4 is 15.8 Å². The van der Waals surface area contributed by atoms with Crippen LogP contribution in [0.1, 0.15) is 41.8 Å². The summed E-state index contributed by atoms with van der Waals surface area (Å²) in [4.78, 5) is 24.3. The average molecular weight is 567 g/mol. The Morgan fingerprint density at radius 1 is 1.21 bits per heavy atom. The Balaban J connectivity index is 1.74. The summed E-state index contributed by atoms with van der Waals surface area (Å²) < 4.78 is 5.02. The van der Waals surface area contributed by atoms with Gasteiger partial charge in [-0.05, 0) is 37.6 Å². The standard InChI is InChI=1S/C26H23IN4O3/c1-26(2)20-12-16(14-27)8-9-21(20)31-11-10-17(13-22(26)31)18(15-28)6-5-7-19-23(32)29(3)25(34)30(4)24(19)33/h5-13H,14H2,1-4H3/p+1. The first-order valence-corrected chi connectivity index (χ1v) is 12.2. The van der Waals surface area contributed by atoms with Crippen molar-refractivity contribution in [3.63, 3.8) is 0 Å². The number of nitriles is 1. The number of halogens is 1. The van der Waals surface area contributed by atoms with Crippen LogP contribution in [0.5, 0.6) is 5.88 Å². The molecular weight excluding hydrogens is 543 g/mol. The van der Waals surface area contributed by atoms with Crippen LogP contribution in [0.25, 0.3) is 17.3 Å². The molecule has 7 nitrogen and oxygen atoms in total. The van der Waals surface area contributed by atoms with E-state index in [4.69, 9.17) is 0 Å². The Bertz CT molecular complexity index is 1550. The minimum Gasteiger partial charge on any atom is -0.494 e. The molecule has 0 fully saturated rings. The second kappa shape index (κ2) is 8.72. The molecule has 8 heteroatoms.